The first-order valence-corrected chi connectivity index (χ1v) is 6.10. The first kappa shape index (κ1) is 13.2. The van der Waals surface area contributed by atoms with E-state index in [9.17, 15) is 4.39 Å². The van der Waals surface area contributed by atoms with Gasteiger partial charge in [0.1, 0.15) is 5.82 Å². The van der Waals surface area contributed by atoms with Gasteiger partial charge in [0.05, 0.1) is 0 Å². The number of benzene rings is 1. The Morgan fingerprint density at radius 3 is 2.38 bits per heavy atom. The molecule has 90 valence electrons. The van der Waals surface area contributed by atoms with Crippen LogP contribution in [0, 0.1) is 18.7 Å². The Balaban J connectivity index is 2.76. The van der Waals surface area contributed by atoms with Gasteiger partial charge in [-0.15, -0.1) is 0 Å². The van der Waals surface area contributed by atoms with Crippen LogP contribution in [0.5, 0.6) is 0 Å². The highest BCUT2D eigenvalue weighted by Crippen LogP contribution is 2.25. The van der Waals surface area contributed by atoms with Crippen LogP contribution >= 0.6 is 0 Å². The molecular weight excluding hydrogens is 201 g/mol. The summed E-state index contributed by atoms with van der Waals surface area (Å²) in [6, 6.07) is 4.90. The fourth-order valence-corrected chi connectivity index (χ4v) is 2.16. The highest BCUT2D eigenvalue weighted by molar-refractivity contribution is 5.29. The van der Waals surface area contributed by atoms with Gasteiger partial charge in [0.2, 0.25) is 0 Å². The second kappa shape index (κ2) is 6.00. The number of rotatable bonds is 5. The highest BCUT2D eigenvalue weighted by atomic mass is 19.1. The molecule has 2 N–H and O–H groups in total. The molecule has 1 aromatic rings. The molecule has 0 amide bonds. The summed E-state index contributed by atoms with van der Waals surface area (Å²) in [6.45, 7) is 6.31. The van der Waals surface area contributed by atoms with Gasteiger partial charge in [-0.1, -0.05) is 32.8 Å². The summed E-state index contributed by atoms with van der Waals surface area (Å²) in [5.41, 5.74) is 8.21. The summed E-state index contributed by atoms with van der Waals surface area (Å²) in [5.74, 6) is 0.482. The molecule has 2 heteroatoms. The van der Waals surface area contributed by atoms with Crippen molar-refractivity contribution in [2.75, 3.05) is 0 Å². The largest absolute Gasteiger partial charge is 0.324 e. The normalized spacial score (nSPS) is 13.1. The molecule has 0 saturated heterocycles. The zero-order valence-electron chi connectivity index (χ0n) is 10.5. The minimum absolute atomic E-state index is 0.0329. The average molecular weight is 223 g/mol. The Bertz CT molecular complexity index is 332. The molecule has 0 heterocycles. The maximum atomic E-state index is 13.0. The van der Waals surface area contributed by atoms with Crippen molar-refractivity contribution in [2.24, 2.45) is 11.7 Å². The smallest absolute Gasteiger partial charge is 0.123 e. The molecule has 1 aromatic carbocycles. The molecule has 1 nitrogen and oxygen atoms in total. The van der Waals surface area contributed by atoms with Crippen LogP contribution in [-0.4, -0.2) is 0 Å². The SMILES string of the molecule is CCC(CC)CC(N)c1ccc(F)cc1C. The summed E-state index contributed by atoms with van der Waals surface area (Å²) in [5, 5.41) is 0. The highest BCUT2D eigenvalue weighted by Gasteiger charge is 2.14. The van der Waals surface area contributed by atoms with Gasteiger partial charge in [0.25, 0.3) is 0 Å². The van der Waals surface area contributed by atoms with Crippen LogP contribution in [0.2, 0.25) is 0 Å². The Morgan fingerprint density at radius 1 is 1.25 bits per heavy atom. The molecule has 0 bridgehead atoms. The van der Waals surface area contributed by atoms with Gasteiger partial charge in [0.15, 0.2) is 0 Å². The van der Waals surface area contributed by atoms with Crippen LogP contribution in [0.25, 0.3) is 0 Å². The summed E-state index contributed by atoms with van der Waals surface area (Å²) < 4.78 is 13.0. The maximum absolute atomic E-state index is 13.0. The van der Waals surface area contributed by atoms with E-state index in [1.54, 1.807) is 6.07 Å². The zero-order valence-corrected chi connectivity index (χ0v) is 10.5. The topological polar surface area (TPSA) is 26.0 Å². The lowest BCUT2D eigenvalue weighted by atomic mass is 9.90. The van der Waals surface area contributed by atoms with Crippen molar-refractivity contribution in [1.29, 1.82) is 0 Å². The lowest BCUT2D eigenvalue weighted by molar-refractivity contribution is 0.414. The summed E-state index contributed by atoms with van der Waals surface area (Å²) in [6.07, 6.45) is 3.30. The minimum Gasteiger partial charge on any atom is -0.324 e. The van der Waals surface area contributed by atoms with Crippen LogP contribution in [0.15, 0.2) is 18.2 Å². The molecule has 0 aliphatic heterocycles. The van der Waals surface area contributed by atoms with Gasteiger partial charge in [-0.25, -0.2) is 4.39 Å². The van der Waals surface area contributed by atoms with E-state index in [1.165, 1.54) is 6.07 Å². The van der Waals surface area contributed by atoms with Crippen LogP contribution in [0.1, 0.15) is 50.3 Å². The van der Waals surface area contributed by atoms with Crippen molar-refractivity contribution in [3.63, 3.8) is 0 Å². The molecule has 0 aliphatic carbocycles. The van der Waals surface area contributed by atoms with Gasteiger partial charge >= 0.3 is 0 Å². The van der Waals surface area contributed by atoms with E-state index in [0.717, 1.165) is 30.4 Å². The second-order valence-corrected chi connectivity index (χ2v) is 4.53. The molecule has 1 unspecified atom stereocenters. The van der Waals surface area contributed by atoms with E-state index < -0.39 is 0 Å². The molecule has 1 rings (SSSR count). The summed E-state index contributed by atoms with van der Waals surface area (Å²) in [7, 11) is 0. The third kappa shape index (κ3) is 3.31. The standard InChI is InChI=1S/C14H22FN/c1-4-11(5-2)9-14(16)13-7-6-12(15)8-10(13)3/h6-8,11,14H,4-5,9,16H2,1-3H3. The number of hydrogen-bond acceptors (Lipinski definition) is 1. The third-order valence-corrected chi connectivity index (χ3v) is 3.37. The molecule has 16 heavy (non-hydrogen) atoms. The van der Waals surface area contributed by atoms with E-state index in [4.69, 9.17) is 5.73 Å². The molecule has 0 saturated carbocycles. The third-order valence-electron chi connectivity index (χ3n) is 3.37. The molecule has 0 spiro atoms. The van der Waals surface area contributed by atoms with Gasteiger partial charge < -0.3 is 5.73 Å². The van der Waals surface area contributed by atoms with Crippen LogP contribution in [-0.2, 0) is 0 Å². The predicted molar refractivity (Wildman–Crippen MR) is 66.8 cm³/mol. The van der Waals surface area contributed by atoms with Gasteiger partial charge in [0, 0.05) is 6.04 Å². The fraction of sp³-hybridized carbons (Fsp3) is 0.571. The van der Waals surface area contributed by atoms with Crippen molar-refractivity contribution in [2.45, 2.75) is 46.1 Å². The first-order valence-electron chi connectivity index (χ1n) is 6.10. The molecule has 1 atom stereocenters. The van der Waals surface area contributed by atoms with E-state index in [-0.39, 0.29) is 11.9 Å². The number of nitrogens with two attached hydrogens (primary N) is 1. The van der Waals surface area contributed by atoms with Crippen LogP contribution in [0.3, 0.4) is 0 Å². The monoisotopic (exact) mass is 223 g/mol. The Labute approximate surface area is 97.9 Å². The molecular formula is C14H22FN. The van der Waals surface area contributed by atoms with E-state index >= 15 is 0 Å². The predicted octanol–water partition coefficient (Wildman–Crippen LogP) is 3.96. The quantitative estimate of drug-likeness (QED) is 0.803. The van der Waals surface area contributed by atoms with Crippen LogP contribution in [0.4, 0.5) is 4.39 Å². The maximum Gasteiger partial charge on any atom is 0.123 e. The van der Waals surface area contributed by atoms with Crippen molar-refractivity contribution >= 4 is 0 Å². The number of aryl methyl sites for hydroxylation is 1. The Hall–Kier alpha value is -0.890. The fourth-order valence-electron chi connectivity index (χ4n) is 2.16. The number of hydrogen-bond donors (Lipinski definition) is 1. The Morgan fingerprint density at radius 2 is 1.88 bits per heavy atom. The zero-order chi connectivity index (χ0) is 12.1. The van der Waals surface area contributed by atoms with Gasteiger partial charge in [-0.3, -0.25) is 0 Å². The molecule has 0 aliphatic rings. The van der Waals surface area contributed by atoms with Crippen molar-refractivity contribution in [1.82, 2.24) is 0 Å². The number of halogens is 1. The summed E-state index contributed by atoms with van der Waals surface area (Å²) >= 11 is 0. The average Bonchev–Trinajstić information content (AvgIpc) is 2.25. The van der Waals surface area contributed by atoms with Gasteiger partial charge in [-0.2, -0.15) is 0 Å². The minimum atomic E-state index is -0.184. The summed E-state index contributed by atoms with van der Waals surface area (Å²) in [4.78, 5) is 0. The van der Waals surface area contributed by atoms with E-state index in [1.807, 2.05) is 13.0 Å². The van der Waals surface area contributed by atoms with Crippen molar-refractivity contribution < 1.29 is 4.39 Å². The van der Waals surface area contributed by atoms with Gasteiger partial charge in [-0.05, 0) is 42.5 Å². The lowest BCUT2D eigenvalue weighted by Gasteiger charge is -2.20. The second-order valence-electron chi connectivity index (χ2n) is 4.53. The van der Waals surface area contributed by atoms with E-state index in [0.29, 0.717) is 5.92 Å². The molecule has 0 fully saturated rings. The molecule has 0 aromatic heterocycles. The van der Waals surface area contributed by atoms with E-state index in [2.05, 4.69) is 13.8 Å². The Kier molecular flexibility index (Phi) is 4.94. The first-order chi connectivity index (χ1) is 7.58. The van der Waals surface area contributed by atoms with Crippen molar-refractivity contribution in [3.05, 3.63) is 35.1 Å². The van der Waals surface area contributed by atoms with Crippen molar-refractivity contribution in [3.8, 4) is 0 Å². The molecule has 0 radical (unpaired) electrons. The van der Waals surface area contributed by atoms with Crippen LogP contribution < -0.4 is 5.73 Å². The lowest BCUT2D eigenvalue weighted by Crippen LogP contribution is -2.16.